The Morgan fingerprint density at radius 2 is 1.72 bits per heavy atom. The standard InChI is InChI=1S/C23H28N4O2/c1-29-22-12-6-5-10-21(22)11-7-13-24-25-23(28)19-27-16-14-26(15-17-27)18-20-8-3-2-4-9-20/h2-13H,14-19H2,1H3,(H,25,28)/b11-7+,24-13-. The zero-order valence-electron chi connectivity index (χ0n) is 16.8. The number of hydrogen-bond donors (Lipinski definition) is 1. The van der Waals surface area contributed by atoms with Gasteiger partial charge in [0.1, 0.15) is 5.75 Å². The molecular weight excluding hydrogens is 364 g/mol. The van der Waals surface area contributed by atoms with Crippen LogP contribution in [0.25, 0.3) is 6.08 Å². The van der Waals surface area contributed by atoms with Gasteiger partial charge in [0.05, 0.1) is 13.7 Å². The van der Waals surface area contributed by atoms with Gasteiger partial charge in [-0.05, 0) is 23.8 Å². The normalized spacial score (nSPS) is 15.8. The van der Waals surface area contributed by atoms with E-state index >= 15 is 0 Å². The highest BCUT2D eigenvalue weighted by atomic mass is 16.5. The molecule has 1 N–H and O–H groups in total. The van der Waals surface area contributed by atoms with Crippen molar-refractivity contribution in [1.82, 2.24) is 15.2 Å². The van der Waals surface area contributed by atoms with E-state index < -0.39 is 0 Å². The Morgan fingerprint density at radius 1 is 1.03 bits per heavy atom. The molecule has 0 aliphatic carbocycles. The average Bonchev–Trinajstić information content (AvgIpc) is 2.76. The van der Waals surface area contributed by atoms with Crippen molar-refractivity contribution < 1.29 is 9.53 Å². The molecule has 6 heteroatoms. The van der Waals surface area contributed by atoms with Gasteiger partial charge in [0, 0.05) is 44.5 Å². The molecule has 3 rings (SSSR count). The van der Waals surface area contributed by atoms with Crippen molar-refractivity contribution in [3.8, 4) is 5.75 Å². The van der Waals surface area contributed by atoms with E-state index in [1.54, 1.807) is 19.4 Å². The number of hydrogen-bond acceptors (Lipinski definition) is 5. The molecule has 29 heavy (non-hydrogen) atoms. The number of para-hydroxylation sites is 1. The van der Waals surface area contributed by atoms with Crippen LogP contribution in [0.3, 0.4) is 0 Å². The zero-order valence-corrected chi connectivity index (χ0v) is 16.8. The highest BCUT2D eigenvalue weighted by Crippen LogP contribution is 2.18. The lowest BCUT2D eigenvalue weighted by atomic mass is 10.2. The number of amides is 1. The van der Waals surface area contributed by atoms with E-state index in [4.69, 9.17) is 4.74 Å². The van der Waals surface area contributed by atoms with E-state index in [1.807, 2.05) is 36.4 Å². The summed E-state index contributed by atoms with van der Waals surface area (Å²) in [6.07, 6.45) is 5.24. The molecule has 2 aromatic carbocycles. The van der Waals surface area contributed by atoms with Crippen LogP contribution in [0.15, 0.2) is 65.8 Å². The van der Waals surface area contributed by atoms with Crippen LogP contribution >= 0.6 is 0 Å². The zero-order chi connectivity index (χ0) is 20.3. The number of allylic oxidation sites excluding steroid dienone is 1. The molecule has 152 valence electrons. The molecular formula is C23H28N4O2. The first kappa shape index (κ1) is 20.8. The van der Waals surface area contributed by atoms with Crippen LogP contribution in [0.1, 0.15) is 11.1 Å². The van der Waals surface area contributed by atoms with Crippen LogP contribution < -0.4 is 10.2 Å². The molecule has 1 aliphatic rings. The fourth-order valence-electron chi connectivity index (χ4n) is 3.29. The summed E-state index contributed by atoms with van der Waals surface area (Å²) in [6.45, 7) is 5.03. The van der Waals surface area contributed by atoms with Crippen LogP contribution in [0.2, 0.25) is 0 Å². The van der Waals surface area contributed by atoms with Gasteiger partial charge in [-0.3, -0.25) is 14.6 Å². The lowest BCUT2D eigenvalue weighted by Gasteiger charge is -2.34. The Morgan fingerprint density at radius 3 is 2.48 bits per heavy atom. The number of benzene rings is 2. The second-order valence-corrected chi connectivity index (χ2v) is 6.95. The molecule has 0 unspecified atom stereocenters. The van der Waals surface area contributed by atoms with Crippen molar-refractivity contribution >= 4 is 18.2 Å². The van der Waals surface area contributed by atoms with Crippen LogP contribution in [-0.2, 0) is 11.3 Å². The largest absolute Gasteiger partial charge is 0.496 e. The number of hydrazone groups is 1. The highest BCUT2D eigenvalue weighted by Gasteiger charge is 2.18. The lowest BCUT2D eigenvalue weighted by molar-refractivity contribution is -0.122. The van der Waals surface area contributed by atoms with E-state index in [1.165, 1.54) is 5.56 Å². The summed E-state index contributed by atoms with van der Waals surface area (Å²) in [5, 5.41) is 3.99. The second kappa shape index (κ2) is 11.1. The Labute approximate surface area is 172 Å². The number of rotatable bonds is 8. The summed E-state index contributed by atoms with van der Waals surface area (Å²) in [7, 11) is 1.64. The fraction of sp³-hybridized carbons (Fsp3) is 0.304. The molecule has 1 fully saturated rings. The number of ether oxygens (including phenoxy) is 1. The van der Waals surface area contributed by atoms with Crippen LogP contribution in [0.4, 0.5) is 0 Å². The maximum atomic E-state index is 12.1. The van der Waals surface area contributed by atoms with Crippen molar-refractivity contribution in [2.75, 3.05) is 39.8 Å². The first-order valence-electron chi connectivity index (χ1n) is 9.85. The summed E-state index contributed by atoms with van der Waals surface area (Å²) in [6, 6.07) is 18.2. The minimum absolute atomic E-state index is 0.0940. The van der Waals surface area contributed by atoms with Crippen LogP contribution in [-0.4, -0.2) is 61.8 Å². The van der Waals surface area contributed by atoms with E-state index in [0.29, 0.717) is 6.54 Å². The number of carbonyl (C=O) groups is 1. The van der Waals surface area contributed by atoms with Crippen molar-refractivity contribution in [2.45, 2.75) is 6.54 Å². The molecule has 0 radical (unpaired) electrons. The van der Waals surface area contributed by atoms with Gasteiger partial charge in [0.15, 0.2) is 0 Å². The van der Waals surface area contributed by atoms with Gasteiger partial charge in [-0.2, -0.15) is 5.10 Å². The molecule has 0 spiro atoms. The van der Waals surface area contributed by atoms with Crippen molar-refractivity contribution in [2.24, 2.45) is 5.10 Å². The Balaban J connectivity index is 1.36. The summed E-state index contributed by atoms with van der Waals surface area (Å²) in [5.41, 5.74) is 4.88. The number of piperazine rings is 1. The molecule has 2 aromatic rings. The van der Waals surface area contributed by atoms with E-state index in [-0.39, 0.29) is 5.91 Å². The summed E-state index contributed by atoms with van der Waals surface area (Å²) >= 11 is 0. The molecule has 0 aromatic heterocycles. The first-order valence-corrected chi connectivity index (χ1v) is 9.85. The third-order valence-corrected chi connectivity index (χ3v) is 4.85. The maximum absolute atomic E-state index is 12.1. The third kappa shape index (κ3) is 6.85. The number of nitrogens with one attached hydrogen (secondary N) is 1. The fourth-order valence-corrected chi connectivity index (χ4v) is 3.29. The SMILES string of the molecule is COc1ccccc1/C=C/C=N\NC(=O)CN1CCN(Cc2ccccc2)CC1. The van der Waals surface area contributed by atoms with Gasteiger partial charge in [0.2, 0.25) is 0 Å². The molecule has 1 saturated heterocycles. The quantitative estimate of drug-likeness (QED) is 0.554. The van der Waals surface area contributed by atoms with Gasteiger partial charge < -0.3 is 4.74 Å². The molecule has 0 atom stereocenters. The Hall–Kier alpha value is -2.96. The van der Waals surface area contributed by atoms with Gasteiger partial charge in [-0.1, -0.05) is 48.5 Å². The molecule has 1 aliphatic heterocycles. The second-order valence-electron chi connectivity index (χ2n) is 6.95. The van der Waals surface area contributed by atoms with E-state index in [9.17, 15) is 4.79 Å². The minimum atomic E-state index is -0.0940. The summed E-state index contributed by atoms with van der Waals surface area (Å²) < 4.78 is 5.29. The average molecular weight is 393 g/mol. The van der Waals surface area contributed by atoms with Crippen LogP contribution in [0, 0.1) is 0 Å². The predicted octanol–water partition coefficient (Wildman–Crippen LogP) is 2.63. The maximum Gasteiger partial charge on any atom is 0.254 e. The van der Waals surface area contributed by atoms with Gasteiger partial charge in [-0.15, -0.1) is 0 Å². The van der Waals surface area contributed by atoms with Gasteiger partial charge in [0.25, 0.3) is 5.91 Å². The molecule has 1 heterocycles. The lowest BCUT2D eigenvalue weighted by Crippen LogP contribution is -2.48. The van der Waals surface area contributed by atoms with Crippen molar-refractivity contribution in [1.29, 1.82) is 0 Å². The topological polar surface area (TPSA) is 57.2 Å². The molecule has 0 bridgehead atoms. The van der Waals surface area contributed by atoms with E-state index in [0.717, 1.165) is 44.0 Å². The van der Waals surface area contributed by atoms with Crippen molar-refractivity contribution in [3.63, 3.8) is 0 Å². The molecule has 0 saturated carbocycles. The van der Waals surface area contributed by atoms with Gasteiger partial charge in [-0.25, -0.2) is 5.43 Å². The Bertz CT molecular complexity index is 828. The van der Waals surface area contributed by atoms with Crippen LogP contribution in [0.5, 0.6) is 5.75 Å². The number of carbonyl (C=O) groups excluding carboxylic acids is 1. The number of nitrogens with zero attached hydrogens (tertiary/aromatic N) is 3. The predicted molar refractivity (Wildman–Crippen MR) is 117 cm³/mol. The Kier molecular flexibility index (Phi) is 7.98. The van der Waals surface area contributed by atoms with Gasteiger partial charge >= 0.3 is 0 Å². The minimum Gasteiger partial charge on any atom is -0.496 e. The summed E-state index contributed by atoms with van der Waals surface area (Å²) in [5.74, 6) is 0.705. The summed E-state index contributed by atoms with van der Waals surface area (Å²) in [4.78, 5) is 16.7. The highest BCUT2D eigenvalue weighted by molar-refractivity contribution is 5.82. The molecule has 6 nitrogen and oxygen atoms in total. The monoisotopic (exact) mass is 392 g/mol. The van der Waals surface area contributed by atoms with Crippen molar-refractivity contribution in [3.05, 3.63) is 71.8 Å². The number of methoxy groups -OCH3 is 1. The smallest absolute Gasteiger partial charge is 0.254 e. The van der Waals surface area contributed by atoms with E-state index in [2.05, 4.69) is 44.6 Å². The molecule has 1 amide bonds. The first-order chi connectivity index (χ1) is 14.2. The third-order valence-electron chi connectivity index (χ3n) is 4.85.